The number of nitrogens with zero attached hydrogens (tertiary/aromatic N) is 1. The van der Waals surface area contributed by atoms with E-state index in [0.29, 0.717) is 6.54 Å². The number of fused-ring (bicyclic) bond motifs is 1. The minimum atomic E-state index is -0.471. The van der Waals surface area contributed by atoms with Crippen molar-refractivity contribution in [3.63, 3.8) is 0 Å². The number of hydrogen-bond acceptors (Lipinski definition) is 5. The molecule has 1 aromatic carbocycles. The second kappa shape index (κ2) is 8.83. The SMILES string of the molecule is C[C@H](c1cc2ccccc2o1)N(C)CC(=O)NC(=O)NCCc1cccs1. The first-order valence-corrected chi connectivity index (χ1v) is 9.69. The summed E-state index contributed by atoms with van der Waals surface area (Å²) in [4.78, 5) is 27.0. The van der Waals surface area contributed by atoms with E-state index in [4.69, 9.17) is 4.42 Å². The molecule has 3 aromatic rings. The van der Waals surface area contributed by atoms with Gasteiger partial charge in [0, 0.05) is 16.8 Å². The van der Waals surface area contributed by atoms with Gasteiger partial charge in [-0.25, -0.2) is 4.79 Å². The molecule has 2 N–H and O–H groups in total. The molecule has 6 nitrogen and oxygen atoms in total. The van der Waals surface area contributed by atoms with Crippen molar-refractivity contribution in [2.24, 2.45) is 0 Å². The van der Waals surface area contributed by atoms with Gasteiger partial charge in [0.05, 0.1) is 12.6 Å². The van der Waals surface area contributed by atoms with Gasteiger partial charge in [-0.3, -0.25) is 15.0 Å². The summed E-state index contributed by atoms with van der Waals surface area (Å²) < 4.78 is 5.85. The molecule has 0 bridgehead atoms. The fraction of sp³-hybridized carbons (Fsp3) is 0.300. The second-order valence-corrected chi connectivity index (χ2v) is 7.44. The first-order chi connectivity index (χ1) is 13.0. The molecule has 0 radical (unpaired) electrons. The number of carbonyl (C=O) groups excluding carboxylic acids is 2. The number of furan rings is 1. The number of benzene rings is 1. The Balaban J connectivity index is 1.45. The predicted octanol–water partition coefficient (Wildman–Crippen LogP) is 3.56. The number of likely N-dealkylation sites (N-methyl/N-ethyl adjacent to an activating group) is 1. The highest BCUT2D eigenvalue weighted by Gasteiger charge is 2.19. The van der Waals surface area contributed by atoms with E-state index in [-0.39, 0.29) is 18.5 Å². The molecule has 2 aromatic heterocycles. The number of rotatable bonds is 7. The number of thiophene rings is 1. The highest BCUT2D eigenvalue weighted by atomic mass is 32.1. The van der Waals surface area contributed by atoms with Crippen LogP contribution in [0.1, 0.15) is 23.6 Å². The molecule has 2 heterocycles. The van der Waals surface area contributed by atoms with Crippen molar-refractivity contribution >= 4 is 34.2 Å². The molecule has 0 saturated carbocycles. The lowest BCUT2D eigenvalue weighted by molar-refractivity contribution is -0.121. The lowest BCUT2D eigenvalue weighted by Crippen LogP contribution is -2.44. The first kappa shape index (κ1) is 19.1. The molecule has 1 atom stereocenters. The van der Waals surface area contributed by atoms with Gasteiger partial charge >= 0.3 is 6.03 Å². The maximum Gasteiger partial charge on any atom is 0.321 e. The van der Waals surface area contributed by atoms with Crippen LogP contribution >= 0.6 is 11.3 Å². The Morgan fingerprint density at radius 3 is 2.78 bits per heavy atom. The van der Waals surface area contributed by atoms with E-state index >= 15 is 0 Å². The summed E-state index contributed by atoms with van der Waals surface area (Å²) in [5.74, 6) is 0.431. The topological polar surface area (TPSA) is 74.6 Å². The molecular formula is C20H23N3O3S. The van der Waals surface area contributed by atoms with Crippen LogP contribution in [0.2, 0.25) is 0 Å². The summed E-state index contributed by atoms with van der Waals surface area (Å²) in [5, 5.41) is 8.10. The van der Waals surface area contributed by atoms with Gasteiger partial charge in [-0.1, -0.05) is 24.3 Å². The molecule has 27 heavy (non-hydrogen) atoms. The average molecular weight is 385 g/mol. The van der Waals surface area contributed by atoms with Gasteiger partial charge in [0.1, 0.15) is 11.3 Å². The minimum Gasteiger partial charge on any atom is -0.459 e. The Bertz CT molecular complexity index is 871. The lowest BCUT2D eigenvalue weighted by atomic mass is 10.2. The van der Waals surface area contributed by atoms with E-state index in [1.54, 1.807) is 11.3 Å². The van der Waals surface area contributed by atoms with E-state index in [1.807, 2.05) is 66.7 Å². The van der Waals surface area contributed by atoms with Crippen molar-refractivity contribution in [3.8, 4) is 0 Å². The summed E-state index contributed by atoms with van der Waals surface area (Å²) >= 11 is 1.65. The van der Waals surface area contributed by atoms with Crippen LogP contribution in [-0.2, 0) is 11.2 Å². The molecular weight excluding hydrogens is 362 g/mol. The molecule has 0 unspecified atom stereocenters. The largest absolute Gasteiger partial charge is 0.459 e. The molecule has 142 valence electrons. The van der Waals surface area contributed by atoms with Gasteiger partial charge in [-0.05, 0) is 44.0 Å². The van der Waals surface area contributed by atoms with E-state index in [9.17, 15) is 9.59 Å². The highest BCUT2D eigenvalue weighted by molar-refractivity contribution is 7.09. The van der Waals surface area contributed by atoms with E-state index in [0.717, 1.165) is 23.2 Å². The molecule has 0 aliphatic heterocycles. The molecule has 3 amide bonds. The standard InChI is InChI=1S/C20H23N3O3S/c1-14(18-12-15-6-3-4-8-17(15)26-18)23(2)13-19(24)22-20(25)21-10-9-16-7-5-11-27-16/h3-8,11-12,14H,9-10,13H2,1-2H3,(H2,21,22,24,25)/t14-/m1/s1. The van der Waals surface area contributed by atoms with Crippen molar-refractivity contribution < 1.29 is 14.0 Å². The van der Waals surface area contributed by atoms with Crippen LogP contribution in [0.5, 0.6) is 0 Å². The molecule has 0 fully saturated rings. The third-order valence-electron chi connectivity index (χ3n) is 4.40. The van der Waals surface area contributed by atoms with Crippen molar-refractivity contribution in [1.82, 2.24) is 15.5 Å². The summed E-state index contributed by atoms with van der Waals surface area (Å²) in [5.41, 5.74) is 0.822. The monoisotopic (exact) mass is 385 g/mol. The Hall–Kier alpha value is -2.64. The quantitative estimate of drug-likeness (QED) is 0.652. The van der Waals surface area contributed by atoms with Gasteiger partial charge in [0.15, 0.2) is 0 Å². The van der Waals surface area contributed by atoms with Gasteiger partial charge < -0.3 is 9.73 Å². The zero-order valence-electron chi connectivity index (χ0n) is 15.4. The smallest absolute Gasteiger partial charge is 0.321 e. The van der Waals surface area contributed by atoms with E-state index in [2.05, 4.69) is 10.6 Å². The molecule has 3 rings (SSSR count). The average Bonchev–Trinajstić information content (AvgIpc) is 3.30. The molecule has 0 spiro atoms. The van der Waals surface area contributed by atoms with Crippen molar-refractivity contribution in [2.75, 3.05) is 20.1 Å². The Morgan fingerprint density at radius 2 is 2.04 bits per heavy atom. The first-order valence-electron chi connectivity index (χ1n) is 8.81. The van der Waals surface area contributed by atoms with Crippen LogP contribution in [0.3, 0.4) is 0 Å². The molecule has 7 heteroatoms. The zero-order valence-corrected chi connectivity index (χ0v) is 16.2. The Kier molecular flexibility index (Phi) is 6.26. The summed E-state index contributed by atoms with van der Waals surface area (Å²) in [7, 11) is 1.83. The number of nitrogens with one attached hydrogen (secondary N) is 2. The fourth-order valence-corrected chi connectivity index (χ4v) is 3.46. The number of hydrogen-bond donors (Lipinski definition) is 2. The van der Waals surface area contributed by atoms with Crippen molar-refractivity contribution in [3.05, 3.63) is 58.5 Å². The number of amides is 3. The van der Waals surface area contributed by atoms with Crippen LogP contribution in [-0.4, -0.2) is 37.0 Å². The number of para-hydroxylation sites is 1. The van der Waals surface area contributed by atoms with Crippen LogP contribution in [0.15, 0.2) is 52.3 Å². The maximum absolute atomic E-state index is 12.1. The highest BCUT2D eigenvalue weighted by Crippen LogP contribution is 2.26. The number of imide groups is 1. The normalized spacial score (nSPS) is 12.3. The minimum absolute atomic E-state index is 0.0926. The fourth-order valence-electron chi connectivity index (χ4n) is 2.75. The number of urea groups is 1. The van der Waals surface area contributed by atoms with Gasteiger partial charge in [0.25, 0.3) is 0 Å². The van der Waals surface area contributed by atoms with Gasteiger partial charge in [0.2, 0.25) is 5.91 Å². The molecule has 0 saturated heterocycles. The molecule has 0 aliphatic rings. The van der Waals surface area contributed by atoms with Crippen LogP contribution in [0, 0.1) is 0 Å². The Labute approximate surface area is 162 Å². The van der Waals surface area contributed by atoms with E-state index in [1.165, 1.54) is 4.88 Å². The van der Waals surface area contributed by atoms with Crippen molar-refractivity contribution in [2.45, 2.75) is 19.4 Å². The molecule has 0 aliphatic carbocycles. The summed E-state index contributed by atoms with van der Waals surface area (Å²) in [6.07, 6.45) is 0.752. The Morgan fingerprint density at radius 1 is 1.22 bits per heavy atom. The van der Waals surface area contributed by atoms with Crippen LogP contribution in [0.4, 0.5) is 4.79 Å². The third-order valence-corrected chi connectivity index (χ3v) is 5.34. The summed E-state index contributed by atoms with van der Waals surface area (Å²) in [6, 6.07) is 13.2. The predicted molar refractivity (Wildman–Crippen MR) is 107 cm³/mol. The van der Waals surface area contributed by atoms with E-state index < -0.39 is 6.03 Å². The summed E-state index contributed by atoms with van der Waals surface area (Å²) in [6.45, 7) is 2.55. The lowest BCUT2D eigenvalue weighted by Gasteiger charge is -2.22. The number of carbonyl (C=O) groups is 2. The van der Waals surface area contributed by atoms with Crippen LogP contribution in [0.25, 0.3) is 11.0 Å². The van der Waals surface area contributed by atoms with Gasteiger partial charge in [-0.15, -0.1) is 11.3 Å². The second-order valence-electron chi connectivity index (χ2n) is 6.41. The maximum atomic E-state index is 12.1. The van der Waals surface area contributed by atoms with Crippen LogP contribution < -0.4 is 10.6 Å². The van der Waals surface area contributed by atoms with Gasteiger partial charge in [-0.2, -0.15) is 0 Å². The van der Waals surface area contributed by atoms with Crippen molar-refractivity contribution in [1.29, 1.82) is 0 Å². The third kappa shape index (κ3) is 5.18. The zero-order chi connectivity index (χ0) is 19.2.